The average Bonchev–Trinajstić information content (AvgIpc) is 2.17. The van der Waals surface area contributed by atoms with Crippen LogP contribution >= 0.6 is 11.8 Å². The zero-order valence-corrected chi connectivity index (χ0v) is 9.86. The van der Waals surface area contributed by atoms with Gasteiger partial charge >= 0.3 is 0 Å². The summed E-state index contributed by atoms with van der Waals surface area (Å²) in [5.41, 5.74) is 0. The summed E-state index contributed by atoms with van der Waals surface area (Å²) in [5, 5.41) is 14.9. The zero-order chi connectivity index (χ0) is 11.0. The van der Waals surface area contributed by atoms with E-state index in [4.69, 9.17) is 5.11 Å². The average molecular weight is 220 g/mol. The summed E-state index contributed by atoms with van der Waals surface area (Å²) in [5.74, 6) is -0.00265. The Morgan fingerprint density at radius 2 is 2.21 bits per heavy atom. The van der Waals surface area contributed by atoms with E-state index in [-0.39, 0.29) is 23.8 Å². The van der Waals surface area contributed by atoms with Crippen molar-refractivity contribution < 1.29 is 9.90 Å². The Hall–Kier alpha value is -0.260. The third-order valence-corrected chi connectivity index (χ3v) is 3.16. The van der Waals surface area contributed by atoms with E-state index < -0.39 is 0 Å². The molecule has 14 heavy (non-hydrogen) atoms. The van der Waals surface area contributed by atoms with Gasteiger partial charge in [0.1, 0.15) is 0 Å². The number of carbonyl (C=O) groups excluding carboxylic acids is 1. The summed E-state index contributed by atoms with van der Waals surface area (Å²) in [7, 11) is 0. The summed E-state index contributed by atoms with van der Waals surface area (Å²) < 4.78 is 0. The summed E-state index contributed by atoms with van der Waals surface area (Å²) in [6.45, 7) is 4.95. The third kappa shape index (κ3) is 5.47. The van der Waals surface area contributed by atoms with Gasteiger partial charge in [-0.25, -0.2) is 0 Å². The fourth-order valence-electron chi connectivity index (χ4n) is 1.08. The Labute approximate surface area is 89.8 Å². The molecule has 0 spiro atoms. The Kier molecular flexibility index (Phi) is 7.93. The lowest BCUT2D eigenvalue weighted by molar-refractivity contribution is -0.120. The molecule has 0 aliphatic carbocycles. The van der Waals surface area contributed by atoms with Gasteiger partial charge in [0.05, 0.1) is 13.2 Å². The number of hydrogen-bond acceptors (Lipinski definition) is 4. The van der Waals surface area contributed by atoms with E-state index in [1.54, 1.807) is 11.8 Å². The van der Waals surface area contributed by atoms with Crippen molar-refractivity contribution in [3.8, 4) is 0 Å². The maximum Gasteiger partial charge on any atom is 0.233 e. The molecule has 0 saturated carbocycles. The molecule has 2 unspecified atom stereocenters. The molecule has 0 aliphatic heterocycles. The second-order valence-electron chi connectivity index (χ2n) is 3.08. The zero-order valence-electron chi connectivity index (χ0n) is 9.04. The topological polar surface area (TPSA) is 61.4 Å². The van der Waals surface area contributed by atoms with Gasteiger partial charge in [-0.3, -0.25) is 4.79 Å². The Morgan fingerprint density at radius 1 is 1.57 bits per heavy atom. The van der Waals surface area contributed by atoms with Gasteiger partial charge in [-0.1, -0.05) is 0 Å². The van der Waals surface area contributed by atoms with Crippen LogP contribution in [-0.4, -0.2) is 48.3 Å². The van der Waals surface area contributed by atoms with E-state index in [9.17, 15) is 4.79 Å². The van der Waals surface area contributed by atoms with Crippen LogP contribution in [0.15, 0.2) is 0 Å². The SMILES string of the molecule is CCNC(=O)CNC(C)C(CO)SC. The van der Waals surface area contributed by atoms with Gasteiger partial charge in [-0.05, 0) is 20.1 Å². The molecule has 0 bridgehead atoms. The molecule has 2 atom stereocenters. The first kappa shape index (κ1) is 13.7. The van der Waals surface area contributed by atoms with Crippen LogP contribution in [0.5, 0.6) is 0 Å². The van der Waals surface area contributed by atoms with Gasteiger partial charge in [0, 0.05) is 17.8 Å². The molecule has 0 rings (SSSR count). The fourth-order valence-corrected chi connectivity index (χ4v) is 1.74. The predicted molar refractivity (Wildman–Crippen MR) is 60.5 cm³/mol. The van der Waals surface area contributed by atoms with Gasteiger partial charge in [0.25, 0.3) is 0 Å². The first-order valence-corrected chi connectivity index (χ1v) is 6.08. The van der Waals surface area contributed by atoms with E-state index in [1.165, 1.54) is 0 Å². The number of rotatable bonds is 7. The molecule has 84 valence electrons. The number of likely N-dealkylation sites (N-methyl/N-ethyl adjacent to an activating group) is 1. The molecule has 3 N–H and O–H groups in total. The predicted octanol–water partition coefficient (Wildman–Crippen LogP) is -0.175. The smallest absolute Gasteiger partial charge is 0.233 e. The second kappa shape index (κ2) is 8.08. The van der Waals surface area contributed by atoms with E-state index in [2.05, 4.69) is 10.6 Å². The molecule has 0 heterocycles. The van der Waals surface area contributed by atoms with Crippen molar-refractivity contribution in [1.29, 1.82) is 0 Å². The van der Waals surface area contributed by atoms with Crippen LogP contribution in [-0.2, 0) is 4.79 Å². The van der Waals surface area contributed by atoms with E-state index >= 15 is 0 Å². The minimum absolute atomic E-state index is 0.00265. The number of thioether (sulfide) groups is 1. The van der Waals surface area contributed by atoms with E-state index in [0.29, 0.717) is 13.1 Å². The number of nitrogens with one attached hydrogen (secondary N) is 2. The first-order valence-electron chi connectivity index (χ1n) is 4.79. The molecular formula is C9H20N2O2S. The van der Waals surface area contributed by atoms with Crippen molar-refractivity contribution >= 4 is 17.7 Å². The molecular weight excluding hydrogens is 200 g/mol. The maximum atomic E-state index is 11.1. The lowest BCUT2D eigenvalue weighted by atomic mass is 10.2. The van der Waals surface area contributed by atoms with Crippen LogP contribution in [0.25, 0.3) is 0 Å². The van der Waals surface area contributed by atoms with Crippen LogP contribution in [0.3, 0.4) is 0 Å². The number of aliphatic hydroxyl groups is 1. The summed E-state index contributed by atoms with van der Waals surface area (Å²) in [4.78, 5) is 11.1. The van der Waals surface area contributed by atoms with Crippen LogP contribution in [0.2, 0.25) is 0 Å². The number of aliphatic hydroxyl groups excluding tert-OH is 1. The monoisotopic (exact) mass is 220 g/mol. The molecule has 0 aromatic heterocycles. The highest BCUT2D eigenvalue weighted by molar-refractivity contribution is 7.99. The van der Waals surface area contributed by atoms with Crippen molar-refractivity contribution in [2.24, 2.45) is 0 Å². The lowest BCUT2D eigenvalue weighted by Gasteiger charge is -2.20. The second-order valence-corrected chi connectivity index (χ2v) is 4.16. The highest BCUT2D eigenvalue weighted by atomic mass is 32.2. The lowest BCUT2D eigenvalue weighted by Crippen LogP contribution is -2.43. The quantitative estimate of drug-likeness (QED) is 0.557. The maximum absolute atomic E-state index is 11.1. The Morgan fingerprint density at radius 3 is 2.64 bits per heavy atom. The van der Waals surface area contributed by atoms with Crippen LogP contribution in [0, 0.1) is 0 Å². The van der Waals surface area contributed by atoms with Crippen molar-refractivity contribution in [3.05, 3.63) is 0 Å². The minimum atomic E-state index is -0.00265. The third-order valence-electron chi connectivity index (χ3n) is 2.00. The van der Waals surface area contributed by atoms with Gasteiger partial charge in [-0.2, -0.15) is 11.8 Å². The summed E-state index contributed by atoms with van der Waals surface area (Å²) >= 11 is 1.60. The van der Waals surface area contributed by atoms with Crippen molar-refractivity contribution in [1.82, 2.24) is 10.6 Å². The number of carbonyl (C=O) groups is 1. The molecule has 1 amide bonds. The molecule has 0 fully saturated rings. The normalized spacial score (nSPS) is 14.9. The molecule has 4 nitrogen and oxygen atoms in total. The molecule has 5 heteroatoms. The van der Waals surface area contributed by atoms with Crippen molar-refractivity contribution in [2.45, 2.75) is 25.1 Å². The van der Waals surface area contributed by atoms with Gasteiger partial charge in [0.2, 0.25) is 5.91 Å². The highest BCUT2D eigenvalue weighted by Gasteiger charge is 2.15. The molecule has 0 aromatic carbocycles. The van der Waals surface area contributed by atoms with Gasteiger partial charge in [0.15, 0.2) is 0 Å². The first-order chi connectivity index (χ1) is 6.65. The molecule has 0 aromatic rings. The largest absolute Gasteiger partial charge is 0.395 e. The fraction of sp³-hybridized carbons (Fsp3) is 0.889. The number of amides is 1. The van der Waals surface area contributed by atoms with Crippen LogP contribution < -0.4 is 10.6 Å². The van der Waals surface area contributed by atoms with Gasteiger partial charge < -0.3 is 15.7 Å². The minimum Gasteiger partial charge on any atom is -0.395 e. The summed E-state index contributed by atoms with van der Waals surface area (Å²) in [6.07, 6.45) is 1.95. The Bertz CT molecular complexity index is 163. The van der Waals surface area contributed by atoms with Crippen molar-refractivity contribution in [3.63, 3.8) is 0 Å². The van der Waals surface area contributed by atoms with Crippen LogP contribution in [0.4, 0.5) is 0 Å². The van der Waals surface area contributed by atoms with E-state index in [0.717, 1.165) is 0 Å². The molecule has 0 saturated heterocycles. The van der Waals surface area contributed by atoms with Crippen LogP contribution in [0.1, 0.15) is 13.8 Å². The number of hydrogen-bond donors (Lipinski definition) is 3. The van der Waals surface area contributed by atoms with Crippen molar-refractivity contribution in [2.75, 3.05) is 26.0 Å². The Balaban J connectivity index is 3.71. The highest BCUT2D eigenvalue weighted by Crippen LogP contribution is 2.09. The van der Waals surface area contributed by atoms with E-state index in [1.807, 2.05) is 20.1 Å². The summed E-state index contributed by atoms with van der Waals surface area (Å²) in [6, 6.07) is 0.137. The van der Waals surface area contributed by atoms with Gasteiger partial charge in [-0.15, -0.1) is 0 Å². The standard InChI is InChI=1S/C9H20N2O2S/c1-4-10-9(13)5-11-7(2)8(6-12)14-3/h7-8,11-12H,4-6H2,1-3H3,(H,10,13). The molecule has 0 radical (unpaired) electrons. The molecule has 0 aliphatic rings.